The zero-order chi connectivity index (χ0) is 26.1. The quantitative estimate of drug-likeness (QED) is 0.292. The van der Waals surface area contributed by atoms with Crippen molar-refractivity contribution in [1.29, 1.82) is 0 Å². The lowest BCUT2D eigenvalue weighted by molar-refractivity contribution is -0.116. The van der Waals surface area contributed by atoms with Crippen molar-refractivity contribution in [1.82, 2.24) is 0 Å². The highest BCUT2D eigenvalue weighted by molar-refractivity contribution is 6.10. The zero-order valence-electron chi connectivity index (χ0n) is 21.1. The van der Waals surface area contributed by atoms with Gasteiger partial charge in [-0.3, -0.25) is 9.59 Å². The molecule has 0 aromatic heterocycles. The van der Waals surface area contributed by atoms with Crippen LogP contribution in [0.2, 0.25) is 0 Å². The Kier molecular flexibility index (Phi) is 6.26. The highest BCUT2D eigenvalue weighted by Crippen LogP contribution is 2.44. The Labute approximate surface area is 222 Å². The Hall–Kier alpha value is -4.64. The van der Waals surface area contributed by atoms with E-state index >= 15 is 0 Å². The smallest absolute Gasteiger partial charge is 0.193 e. The lowest BCUT2D eigenvalue weighted by Gasteiger charge is -2.30. The molecule has 1 aliphatic carbocycles. The molecule has 188 valence electrons. The van der Waals surface area contributed by atoms with E-state index < -0.39 is 0 Å². The van der Waals surface area contributed by atoms with Gasteiger partial charge in [0.1, 0.15) is 5.75 Å². The standard InChI is InChI=1S/C33H28N2O3/c1-38-26-15-12-22(13-16-26)32-31-29(19-25(20-30(31)36)21-8-4-2-5-9-21)34-28-18-24(14-17-27(28)35-32)33(37)23-10-6-3-7-11-23/h2-18,25,32,34-35H,19-20H2,1H3/t25-,32-/m0/s1. The first-order valence-electron chi connectivity index (χ1n) is 12.8. The number of benzene rings is 4. The monoisotopic (exact) mass is 500 g/mol. The Bertz CT molecular complexity index is 1530. The normalized spacial score (nSPS) is 18.4. The molecule has 0 bridgehead atoms. The van der Waals surface area contributed by atoms with Crippen molar-refractivity contribution in [2.75, 3.05) is 17.7 Å². The fraction of sp³-hybridized carbons (Fsp3) is 0.152. The van der Waals surface area contributed by atoms with Crippen LogP contribution in [0.25, 0.3) is 0 Å². The first kappa shape index (κ1) is 23.7. The van der Waals surface area contributed by atoms with Crippen LogP contribution in [0.15, 0.2) is 114 Å². The minimum absolute atomic E-state index is 0.0396. The van der Waals surface area contributed by atoms with Crippen LogP contribution in [-0.2, 0) is 4.79 Å². The SMILES string of the molecule is COc1ccc([C@@H]2Nc3ccc(C(=O)c4ccccc4)cc3NC3=C2C(=O)C[C@@H](c2ccccc2)C3)cc1. The van der Waals surface area contributed by atoms with Gasteiger partial charge in [-0.25, -0.2) is 0 Å². The number of fused-ring (bicyclic) bond motifs is 1. The van der Waals surface area contributed by atoms with Crippen LogP contribution in [0, 0.1) is 0 Å². The second kappa shape index (κ2) is 10.0. The van der Waals surface area contributed by atoms with Gasteiger partial charge in [0.15, 0.2) is 11.6 Å². The summed E-state index contributed by atoms with van der Waals surface area (Å²) in [5.74, 6) is 0.928. The van der Waals surface area contributed by atoms with E-state index in [-0.39, 0.29) is 23.5 Å². The van der Waals surface area contributed by atoms with Crippen molar-refractivity contribution in [3.05, 3.63) is 137 Å². The molecule has 0 unspecified atom stereocenters. The minimum Gasteiger partial charge on any atom is -0.497 e. The van der Waals surface area contributed by atoms with Gasteiger partial charge in [0.2, 0.25) is 0 Å². The van der Waals surface area contributed by atoms with Gasteiger partial charge in [-0.1, -0.05) is 72.8 Å². The summed E-state index contributed by atoms with van der Waals surface area (Å²) in [5, 5.41) is 7.19. The first-order valence-corrected chi connectivity index (χ1v) is 12.8. The second-order valence-electron chi connectivity index (χ2n) is 9.76. The number of ketones is 2. The molecule has 1 aliphatic heterocycles. The Morgan fingerprint density at radius 1 is 0.763 bits per heavy atom. The van der Waals surface area contributed by atoms with Gasteiger partial charge in [-0.15, -0.1) is 0 Å². The summed E-state index contributed by atoms with van der Waals surface area (Å²) < 4.78 is 5.36. The van der Waals surface area contributed by atoms with Crippen LogP contribution < -0.4 is 15.4 Å². The van der Waals surface area contributed by atoms with Crippen molar-refractivity contribution in [3.63, 3.8) is 0 Å². The van der Waals surface area contributed by atoms with E-state index in [9.17, 15) is 9.59 Å². The zero-order valence-corrected chi connectivity index (χ0v) is 21.1. The molecule has 5 heteroatoms. The van der Waals surface area contributed by atoms with Crippen molar-refractivity contribution in [3.8, 4) is 5.75 Å². The summed E-state index contributed by atoms with van der Waals surface area (Å²) in [6, 6.07) is 32.6. The number of anilines is 2. The molecule has 0 amide bonds. The Balaban J connectivity index is 1.43. The van der Waals surface area contributed by atoms with Crippen LogP contribution in [0.4, 0.5) is 11.4 Å². The van der Waals surface area contributed by atoms with Crippen LogP contribution in [0.3, 0.4) is 0 Å². The van der Waals surface area contributed by atoms with Gasteiger partial charge in [0.25, 0.3) is 0 Å². The molecule has 2 aliphatic rings. The number of ether oxygens (including phenoxy) is 1. The van der Waals surface area contributed by atoms with Crippen molar-refractivity contribution in [2.24, 2.45) is 0 Å². The molecule has 5 nitrogen and oxygen atoms in total. The van der Waals surface area contributed by atoms with E-state index in [0.29, 0.717) is 24.0 Å². The lowest BCUT2D eigenvalue weighted by atomic mass is 9.78. The summed E-state index contributed by atoms with van der Waals surface area (Å²) in [4.78, 5) is 27.0. The molecule has 2 atom stereocenters. The number of hydrogen-bond donors (Lipinski definition) is 2. The van der Waals surface area contributed by atoms with E-state index in [1.54, 1.807) is 7.11 Å². The summed E-state index contributed by atoms with van der Waals surface area (Å²) in [6.45, 7) is 0. The summed E-state index contributed by atoms with van der Waals surface area (Å²) >= 11 is 0. The maximum absolute atomic E-state index is 13.8. The molecular weight excluding hydrogens is 472 g/mol. The van der Waals surface area contributed by atoms with Crippen LogP contribution in [-0.4, -0.2) is 18.7 Å². The summed E-state index contributed by atoms with van der Waals surface area (Å²) in [7, 11) is 1.64. The average Bonchev–Trinajstić information content (AvgIpc) is 3.14. The molecule has 4 aromatic rings. The van der Waals surface area contributed by atoms with Crippen LogP contribution in [0.1, 0.15) is 51.8 Å². The topological polar surface area (TPSA) is 67.4 Å². The number of nitrogens with one attached hydrogen (secondary N) is 2. The fourth-order valence-electron chi connectivity index (χ4n) is 5.45. The molecular formula is C33H28N2O3. The molecule has 38 heavy (non-hydrogen) atoms. The van der Waals surface area contributed by atoms with Crippen molar-refractivity contribution in [2.45, 2.75) is 24.8 Å². The van der Waals surface area contributed by atoms with Crippen LogP contribution >= 0.6 is 0 Å². The number of carbonyl (C=O) groups is 2. The average molecular weight is 501 g/mol. The van der Waals surface area contributed by atoms with E-state index in [0.717, 1.165) is 39.5 Å². The van der Waals surface area contributed by atoms with Gasteiger partial charge in [0.05, 0.1) is 24.5 Å². The van der Waals surface area contributed by atoms with E-state index in [1.165, 1.54) is 0 Å². The third-order valence-electron chi connectivity index (χ3n) is 7.42. The minimum atomic E-state index is -0.329. The molecule has 1 heterocycles. The van der Waals surface area contributed by atoms with Crippen molar-refractivity contribution >= 4 is 22.9 Å². The molecule has 0 radical (unpaired) electrons. The number of rotatable bonds is 5. The summed E-state index contributed by atoms with van der Waals surface area (Å²) in [6.07, 6.45) is 1.16. The molecule has 0 saturated heterocycles. The number of carbonyl (C=O) groups excluding carboxylic acids is 2. The number of methoxy groups -OCH3 is 1. The fourth-order valence-corrected chi connectivity index (χ4v) is 5.45. The third kappa shape index (κ3) is 4.48. The van der Waals surface area contributed by atoms with Gasteiger partial charge >= 0.3 is 0 Å². The van der Waals surface area contributed by atoms with Crippen LogP contribution in [0.5, 0.6) is 5.75 Å². The van der Waals surface area contributed by atoms with Gasteiger partial charge in [-0.2, -0.15) is 0 Å². The van der Waals surface area contributed by atoms with Gasteiger partial charge in [-0.05, 0) is 53.8 Å². The Morgan fingerprint density at radius 2 is 1.47 bits per heavy atom. The molecule has 0 spiro atoms. The largest absolute Gasteiger partial charge is 0.497 e. The molecule has 4 aromatic carbocycles. The van der Waals surface area contributed by atoms with Gasteiger partial charge < -0.3 is 15.4 Å². The third-order valence-corrected chi connectivity index (χ3v) is 7.42. The number of Topliss-reactive ketones (excluding diaryl/α,β-unsaturated/α-hetero) is 1. The maximum atomic E-state index is 13.8. The van der Waals surface area contributed by atoms with Gasteiger partial charge in [0, 0.05) is 28.8 Å². The summed E-state index contributed by atoms with van der Waals surface area (Å²) in [5.41, 5.74) is 6.63. The Morgan fingerprint density at radius 3 is 2.18 bits per heavy atom. The first-order chi connectivity index (χ1) is 18.6. The predicted molar refractivity (Wildman–Crippen MR) is 150 cm³/mol. The molecule has 6 rings (SSSR count). The maximum Gasteiger partial charge on any atom is 0.193 e. The highest BCUT2D eigenvalue weighted by Gasteiger charge is 2.36. The predicted octanol–water partition coefficient (Wildman–Crippen LogP) is 6.91. The molecule has 2 N–H and O–H groups in total. The molecule has 0 fully saturated rings. The number of hydrogen-bond acceptors (Lipinski definition) is 5. The second-order valence-corrected chi connectivity index (χ2v) is 9.76. The molecule has 0 saturated carbocycles. The lowest BCUT2D eigenvalue weighted by Crippen LogP contribution is -2.26. The van der Waals surface area contributed by atoms with E-state index in [2.05, 4.69) is 22.8 Å². The number of allylic oxidation sites excluding steroid dienone is 1. The highest BCUT2D eigenvalue weighted by atomic mass is 16.5. The van der Waals surface area contributed by atoms with E-state index in [1.807, 2.05) is 91.0 Å². The van der Waals surface area contributed by atoms with E-state index in [4.69, 9.17) is 4.74 Å². The van der Waals surface area contributed by atoms with Crippen molar-refractivity contribution < 1.29 is 14.3 Å².